The van der Waals surface area contributed by atoms with E-state index in [1.54, 1.807) is 6.07 Å². The lowest BCUT2D eigenvalue weighted by Crippen LogP contribution is -2.14. The number of hydrogen-bond donors (Lipinski definition) is 1. The molecule has 0 amide bonds. The van der Waals surface area contributed by atoms with Crippen LogP contribution in [0.4, 0.5) is 8.78 Å². The molecule has 0 fully saturated rings. The average Bonchev–Trinajstić information content (AvgIpc) is 2.64. The molecule has 0 aliphatic carbocycles. The molecular weight excluding hydrogens is 299 g/mol. The Hall–Kier alpha value is -0.680. The molecule has 2 aromatic rings. The van der Waals surface area contributed by atoms with Crippen LogP contribution in [0.1, 0.15) is 17.2 Å². The van der Waals surface area contributed by atoms with Gasteiger partial charge in [-0.2, -0.15) is 0 Å². The smallest absolute Gasteiger partial charge is 0.162 e. The second kappa shape index (κ2) is 5.53. The molecular formula is C12H9Cl2F2NS. The Balaban J connectivity index is 2.24. The molecule has 18 heavy (non-hydrogen) atoms. The van der Waals surface area contributed by atoms with Crippen molar-refractivity contribution in [1.29, 1.82) is 0 Å². The molecule has 1 nitrogen and oxygen atoms in total. The summed E-state index contributed by atoms with van der Waals surface area (Å²) in [4.78, 5) is 0. The summed E-state index contributed by atoms with van der Waals surface area (Å²) in [6, 6.07) is 5.15. The maximum atomic E-state index is 13.5. The zero-order valence-corrected chi connectivity index (χ0v) is 11.4. The van der Waals surface area contributed by atoms with Crippen molar-refractivity contribution in [3.63, 3.8) is 0 Å². The summed E-state index contributed by atoms with van der Waals surface area (Å²) in [5.41, 5.74) is 6.81. The van der Waals surface area contributed by atoms with E-state index in [4.69, 9.17) is 28.9 Å². The highest BCUT2D eigenvalue weighted by molar-refractivity contribution is 7.20. The molecule has 1 heterocycles. The van der Waals surface area contributed by atoms with Gasteiger partial charge in [0.15, 0.2) is 11.6 Å². The molecule has 0 aliphatic rings. The highest BCUT2D eigenvalue weighted by Crippen LogP contribution is 2.35. The molecule has 0 saturated heterocycles. The number of rotatable bonds is 3. The first-order chi connectivity index (χ1) is 8.49. The molecule has 0 radical (unpaired) electrons. The molecule has 0 bridgehead atoms. The second-order valence-electron chi connectivity index (χ2n) is 3.80. The number of halogens is 4. The third-order valence-corrected chi connectivity index (χ3v) is 4.07. The minimum Gasteiger partial charge on any atom is -0.324 e. The van der Waals surface area contributed by atoms with Crippen LogP contribution in [0.2, 0.25) is 8.67 Å². The quantitative estimate of drug-likeness (QED) is 0.882. The van der Waals surface area contributed by atoms with Gasteiger partial charge >= 0.3 is 0 Å². The van der Waals surface area contributed by atoms with Crippen LogP contribution in [0, 0.1) is 11.6 Å². The van der Waals surface area contributed by atoms with Crippen molar-refractivity contribution in [2.75, 3.05) is 0 Å². The molecule has 1 aromatic heterocycles. The highest BCUT2D eigenvalue weighted by Gasteiger charge is 2.17. The minimum absolute atomic E-state index is 0.163. The van der Waals surface area contributed by atoms with Crippen LogP contribution in [0.3, 0.4) is 0 Å². The Morgan fingerprint density at radius 3 is 2.61 bits per heavy atom. The molecule has 1 unspecified atom stereocenters. The zero-order chi connectivity index (χ0) is 13.3. The first-order valence-electron chi connectivity index (χ1n) is 5.12. The van der Waals surface area contributed by atoms with Gasteiger partial charge in [-0.3, -0.25) is 0 Å². The predicted molar refractivity (Wildman–Crippen MR) is 71.3 cm³/mol. The van der Waals surface area contributed by atoms with E-state index in [9.17, 15) is 8.78 Å². The normalized spacial score (nSPS) is 12.7. The molecule has 1 atom stereocenters. The lowest BCUT2D eigenvalue weighted by molar-refractivity contribution is 0.494. The minimum atomic E-state index is -0.880. The summed E-state index contributed by atoms with van der Waals surface area (Å²) < 4.78 is 27.5. The van der Waals surface area contributed by atoms with E-state index in [2.05, 4.69) is 0 Å². The van der Waals surface area contributed by atoms with Gasteiger partial charge in [-0.1, -0.05) is 35.3 Å². The molecule has 0 saturated carbocycles. The van der Waals surface area contributed by atoms with E-state index < -0.39 is 17.7 Å². The predicted octanol–water partition coefficient (Wildman–Crippen LogP) is 4.58. The third kappa shape index (κ3) is 2.83. The summed E-state index contributed by atoms with van der Waals surface area (Å²) in [5.74, 6) is -1.75. The maximum Gasteiger partial charge on any atom is 0.162 e. The van der Waals surface area contributed by atoms with Crippen molar-refractivity contribution in [2.24, 2.45) is 5.73 Å². The molecule has 2 N–H and O–H groups in total. The fraction of sp³-hybridized carbons (Fsp3) is 0.167. The van der Waals surface area contributed by atoms with E-state index in [0.717, 1.165) is 6.07 Å². The van der Waals surface area contributed by atoms with Crippen LogP contribution in [0.5, 0.6) is 0 Å². The van der Waals surface area contributed by atoms with Crippen LogP contribution >= 0.6 is 34.5 Å². The van der Waals surface area contributed by atoms with E-state index in [-0.39, 0.29) is 12.0 Å². The van der Waals surface area contributed by atoms with Gasteiger partial charge in [-0.15, -0.1) is 11.3 Å². The number of thiophene rings is 1. The van der Waals surface area contributed by atoms with Crippen molar-refractivity contribution < 1.29 is 8.78 Å². The lowest BCUT2D eigenvalue weighted by Gasteiger charge is -2.11. The molecule has 96 valence electrons. The van der Waals surface area contributed by atoms with Gasteiger partial charge in [-0.25, -0.2) is 8.78 Å². The van der Waals surface area contributed by atoms with Crippen LogP contribution in [0.25, 0.3) is 0 Å². The molecule has 0 spiro atoms. The zero-order valence-electron chi connectivity index (χ0n) is 9.09. The van der Waals surface area contributed by atoms with E-state index in [0.29, 0.717) is 14.2 Å². The van der Waals surface area contributed by atoms with Crippen LogP contribution in [-0.4, -0.2) is 0 Å². The van der Waals surface area contributed by atoms with E-state index in [1.807, 2.05) is 0 Å². The fourth-order valence-electron chi connectivity index (χ4n) is 1.66. The van der Waals surface area contributed by atoms with Gasteiger partial charge < -0.3 is 5.73 Å². The standard InChI is InChI=1S/C12H9Cl2F2NS/c13-10-5-7(12(14)18-10)9(17)4-6-2-1-3-8(15)11(6)16/h1-3,5,9H,4,17H2. The van der Waals surface area contributed by atoms with Gasteiger partial charge in [0, 0.05) is 11.6 Å². The highest BCUT2D eigenvalue weighted by atomic mass is 35.5. The summed E-state index contributed by atoms with van der Waals surface area (Å²) in [5, 5.41) is 0. The summed E-state index contributed by atoms with van der Waals surface area (Å²) in [6.45, 7) is 0. The molecule has 6 heteroatoms. The fourth-order valence-corrected chi connectivity index (χ4v) is 3.26. The van der Waals surface area contributed by atoms with Crippen molar-refractivity contribution in [2.45, 2.75) is 12.5 Å². The van der Waals surface area contributed by atoms with Gasteiger partial charge in [0.1, 0.15) is 0 Å². The molecule has 2 rings (SSSR count). The Morgan fingerprint density at radius 1 is 1.28 bits per heavy atom. The Bertz CT molecular complexity index is 571. The van der Waals surface area contributed by atoms with Crippen LogP contribution < -0.4 is 5.73 Å². The first-order valence-corrected chi connectivity index (χ1v) is 6.69. The second-order valence-corrected chi connectivity index (χ2v) is 6.09. The topological polar surface area (TPSA) is 26.0 Å². The maximum absolute atomic E-state index is 13.5. The summed E-state index contributed by atoms with van der Waals surface area (Å²) >= 11 is 13.0. The Morgan fingerprint density at radius 2 is 2.00 bits per heavy atom. The Labute approximate surface area is 117 Å². The largest absolute Gasteiger partial charge is 0.324 e. The van der Waals surface area contributed by atoms with Crippen molar-refractivity contribution in [3.8, 4) is 0 Å². The van der Waals surface area contributed by atoms with Gasteiger partial charge in [-0.05, 0) is 24.1 Å². The number of nitrogens with two attached hydrogens (primary N) is 1. The SMILES string of the molecule is NC(Cc1cccc(F)c1F)c1cc(Cl)sc1Cl. The van der Waals surface area contributed by atoms with Crippen molar-refractivity contribution >= 4 is 34.5 Å². The molecule has 0 aliphatic heterocycles. The third-order valence-electron chi connectivity index (χ3n) is 2.55. The molecule has 1 aromatic carbocycles. The van der Waals surface area contributed by atoms with Crippen LogP contribution in [-0.2, 0) is 6.42 Å². The first kappa shape index (κ1) is 13.7. The van der Waals surface area contributed by atoms with E-state index >= 15 is 0 Å². The van der Waals surface area contributed by atoms with Gasteiger partial charge in [0.05, 0.1) is 8.67 Å². The lowest BCUT2D eigenvalue weighted by atomic mass is 10.0. The van der Waals surface area contributed by atoms with Gasteiger partial charge in [0.2, 0.25) is 0 Å². The van der Waals surface area contributed by atoms with Crippen molar-refractivity contribution in [3.05, 3.63) is 55.7 Å². The Kier molecular flexibility index (Phi) is 4.22. The van der Waals surface area contributed by atoms with E-state index in [1.165, 1.54) is 23.5 Å². The summed E-state index contributed by atoms with van der Waals surface area (Å²) in [6.07, 6.45) is 0.163. The number of benzene rings is 1. The monoisotopic (exact) mass is 307 g/mol. The average molecular weight is 308 g/mol. The van der Waals surface area contributed by atoms with Crippen LogP contribution in [0.15, 0.2) is 24.3 Å². The van der Waals surface area contributed by atoms with Crippen molar-refractivity contribution in [1.82, 2.24) is 0 Å². The number of hydrogen-bond acceptors (Lipinski definition) is 2. The van der Waals surface area contributed by atoms with Gasteiger partial charge in [0.25, 0.3) is 0 Å². The summed E-state index contributed by atoms with van der Waals surface area (Å²) in [7, 11) is 0.